The molecule has 0 aliphatic rings. The molecule has 0 fully saturated rings. The van der Waals surface area contributed by atoms with E-state index in [1.165, 1.54) is 11.3 Å². The van der Waals surface area contributed by atoms with Gasteiger partial charge in [0.2, 0.25) is 0 Å². The number of hydrogen-bond donors (Lipinski definition) is 1. The van der Waals surface area contributed by atoms with Gasteiger partial charge in [-0.1, -0.05) is 30.3 Å². The Kier molecular flexibility index (Phi) is 4.20. The Labute approximate surface area is 122 Å². The smallest absolute Gasteiger partial charge is 0.339 e. The van der Waals surface area contributed by atoms with Crippen LogP contribution in [-0.2, 0) is 9.53 Å². The number of hydrogen-bond acceptors (Lipinski definition) is 4. The van der Waals surface area contributed by atoms with Gasteiger partial charge in [0.05, 0.1) is 11.3 Å². The highest BCUT2D eigenvalue weighted by Gasteiger charge is 2.28. The molecule has 0 radical (unpaired) electrons. The van der Waals surface area contributed by atoms with Crippen LogP contribution in [-0.4, -0.2) is 21.7 Å². The highest BCUT2D eigenvalue weighted by atomic mass is 32.1. The highest BCUT2D eigenvalue weighted by molar-refractivity contribution is 7.13. The summed E-state index contributed by atoms with van der Waals surface area (Å²) in [5.41, 5.74) is 0.875. The summed E-state index contributed by atoms with van der Waals surface area (Å²) in [5.74, 6) is -1.02. The maximum Gasteiger partial charge on any atom is 0.339 e. The number of carboxylic acid groups (broad SMARTS) is 1. The normalized spacial score (nSPS) is 13.2. The zero-order chi connectivity index (χ0) is 14.8. The first-order valence-corrected chi connectivity index (χ1v) is 7.16. The van der Waals surface area contributed by atoms with Crippen LogP contribution in [0.15, 0.2) is 35.7 Å². The van der Waals surface area contributed by atoms with E-state index < -0.39 is 17.7 Å². The van der Waals surface area contributed by atoms with E-state index >= 15 is 0 Å². The summed E-state index contributed by atoms with van der Waals surface area (Å²) in [5, 5.41) is 11.8. The molecule has 0 bridgehead atoms. The van der Waals surface area contributed by atoms with Gasteiger partial charge in [-0.25, -0.2) is 9.78 Å². The van der Waals surface area contributed by atoms with Gasteiger partial charge in [-0.15, -0.1) is 11.3 Å². The average Bonchev–Trinajstić information content (AvgIpc) is 2.85. The van der Waals surface area contributed by atoms with Crippen molar-refractivity contribution < 1.29 is 14.6 Å². The van der Waals surface area contributed by atoms with Gasteiger partial charge < -0.3 is 9.84 Å². The molecule has 0 saturated carbocycles. The van der Waals surface area contributed by atoms with E-state index in [1.807, 2.05) is 51.1 Å². The number of benzene rings is 1. The van der Waals surface area contributed by atoms with Crippen molar-refractivity contribution in [3.63, 3.8) is 0 Å². The highest BCUT2D eigenvalue weighted by Crippen LogP contribution is 2.29. The molecule has 1 heterocycles. The van der Waals surface area contributed by atoms with Gasteiger partial charge in [0.25, 0.3) is 0 Å². The molecule has 0 aliphatic carbocycles. The SMILES string of the molecule is CC(C)(C)OC(C(=O)O)c1csc(-c2ccccc2)n1. The number of aromatic nitrogens is 1. The number of aliphatic carboxylic acids is 1. The fourth-order valence-corrected chi connectivity index (χ4v) is 2.55. The van der Waals surface area contributed by atoms with Crippen LogP contribution in [0.1, 0.15) is 32.6 Å². The molecule has 0 spiro atoms. The number of carboxylic acids is 1. The fraction of sp³-hybridized carbons (Fsp3) is 0.333. The monoisotopic (exact) mass is 291 g/mol. The maximum atomic E-state index is 11.4. The van der Waals surface area contributed by atoms with Crippen molar-refractivity contribution in [2.45, 2.75) is 32.5 Å². The molecule has 1 unspecified atom stereocenters. The van der Waals surface area contributed by atoms with Crippen LogP contribution in [0.3, 0.4) is 0 Å². The second-order valence-electron chi connectivity index (χ2n) is 5.39. The van der Waals surface area contributed by atoms with Gasteiger partial charge in [-0.3, -0.25) is 0 Å². The fourth-order valence-electron chi connectivity index (χ4n) is 1.71. The molecule has 1 aromatic heterocycles. The molecule has 20 heavy (non-hydrogen) atoms. The van der Waals surface area contributed by atoms with Crippen LogP contribution >= 0.6 is 11.3 Å². The molecule has 1 atom stereocenters. The van der Waals surface area contributed by atoms with Crippen LogP contribution in [0, 0.1) is 0 Å². The maximum absolute atomic E-state index is 11.4. The molecule has 0 saturated heterocycles. The molecule has 2 aromatic rings. The molecule has 1 aromatic carbocycles. The van der Waals surface area contributed by atoms with E-state index in [4.69, 9.17) is 4.74 Å². The van der Waals surface area contributed by atoms with Crippen molar-refractivity contribution in [1.82, 2.24) is 4.98 Å². The zero-order valence-corrected chi connectivity index (χ0v) is 12.5. The average molecular weight is 291 g/mol. The lowest BCUT2D eigenvalue weighted by Crippen LogP contribution is -2.27. The number of ether oxygens (including phenoxy) is 1. The molecule has 1 N–H and O–H groups in total. The predicted octanol–water partition coefficient (Wildman–Crippen LogP) is 3.75. The van der Waals surface area contributed by atoms with Crippen molar-refractivity contribution in [3.05, 3.63) is 41.4 Å². The van der Waals surface area contributed by atoms with Crippen molar-refractivity contribution >= 4 is 17.3 Å². The van der Waals surface area contributed by atoms with Gasteiger partial charge in [-0.2, -0.15) is 0 Å². The molecule has 5 heteroatoms. The first kappa shape index (κ1) is 14.7. The number of carbonyl (C=O) groups is 1. The van der Waals surface area contributed by atoms with E-state index in [0.29, 0.717) is 5.69 Å². The Bertz CT molecular complexity index is 587. The Hall–Kier alpha value is -1.72. The van der Waals surface area contributed by atoms with Crippen molar-refractivity contribution in [1.29, 1.82) is 0 Å². The summed E-state index contributed by atoms with van der Waals surface area (Å²) in [6.45, 7) is 5.48. The Morgan fingerprint density at radius 3 is 2.50 bits per heavy atom. The summed E-state index contributed by atoms with van der Waals surface area (Å²) >= 11 is 1.42. The second-order valence-corrected chi connectivity index (χ2v) is 6.25. The first-order chi connectivity index (χ1) is 9.37. The number of rotatable bonds is 4. The van der Waals surface area contributed by atoms with E-state index in [1.54, 1.807) is 5.38 Å². The molecular weight excluding hydrogens is 274 g/mol. The predicted molar refractivity (Wildman–Crippen MR) is 78.8 cm³/mol. The third-order valence-electron chi connectivity index (χ3n) is 2.51. The van der Waals surface area contributed by atoms with E-state index in [9.17, 15) is 9.90 Å². The van der Waals surface area contributed by atoms with Gasteiger partial charge in [0, 0.05) is 10.9 Å². The summed E-state index contributed by atoms with van der Waals surface area (Å²) in [6, 6.07) is 9.68. The van der Waals surface area contributed by atoms with Crippen molar-refractivity contribution in [3.8, 4) is 10.6 Å². The quantitative estimate of drug-likeness (QED) is 0.932. The van der Waals surface area contributed by atoms with E-state index in [-0.39, 0.29) is 0 Å². The van der Waals surface area contributed by atoms with Gasteiger partial charge in [0.15, 0.2) is 6.10 Å². The summed E-state index contributed by atoms with van der Waals surface area (Å²) < 4.78 is 5.58. The largest absolute Gasteiger partial charge is 0.479 e. The van der Waals surface area contributed by atoms with Crippen LogP contribution in [0.2, 0.25) is 0 Å². The number of thiazole rings is 1. The molecule has 0 aliphatic heterocycles. The summed E-state index contributed by atoms with van der Waals surface area (Å²) in [7, 11) is 0. The third kappa shape index (κ3) is 3.65. The third-order valence-corrected chi connectivity index (χ3v) is 3.42. The molecule has 106 valence electrons. The van der Waals surface area contributed by atoms with Gasteiger partial charge in [0.1, 0.15) is 5.01 Å². The first-order valence-electron chi connectivity index (χ1n) is 6.28. The van der Waals surface area contributed by atoms with Gasteiger partial charge in [-0.05, 0) is 20.8 Å². The minimum atomic E-state index is -1.04. The van der Waals surface area contributed by atoms with E-state index in [0.717, 1.165) is 10.6 Å². The molecular formula is C15H17NO3S. The van der Waals surface area contributed by atoms with Crippen LogP contribution in [0.4, 0.5) is 0 Å². The zero-order valence-electron chi connectivity index (χ0n) is 11.7. The lowest BCUT2D eigenvalue weighted by molar-refractivity contribution is -0.161. The van der Waals surface area contributed by atoms with Crippen molar-refractivity contribution in [2.75, 3.05) is 0 Å². The minimum absolute atomic E-state index is 0.441. The second kappa shape index (κ2) is 5.73. The van der Waals surface area contributed by atoms with Crippen LogP contribution in [0.5, 0.6) is 0 Å². The van der Waals surface area contributed by atoms with Crippen LogP contribution < -0.4 is 0 Å². The Morgan fingerprint density at radius 2 is 1.95 bits per heavy atom. The summed E-state index contributed by atoms with van der Waals surface area (Å²) in [4.78, 5) is 15.8. The molecule has 0 amide bonds. The lowest BCUT2D eigenvalue weighted by Gasteiger charge is -2.23. The molecule has 2 rings (SSSR count). The Balaban J connectivity index is 2.28. The summed E-state index contributed by atoms with van der Waals surface area (Å²) in [6.07, 6.45) is -1.04. The molecule has 4 nitrogen and oxygen atoms in total. The standard InChI is InChI=1S/C15H17NO3S/c1-15(2,3)19-12(14(17)18)11-9-20-13(16-11)10-7-5-4-6-8-10/h4-9,12H,1-3H3,(H,17,18). The topological polar surface area (TPSA) is 59.4 Å². The van der Waals surface area contributed by atoms with Gasteiger partial charge >= 0.3 is 5.97 Å². The lowest BCUT2D eigenvalue weighted by atomic mass is 10.1. The Morgan fingerprint density at radius 1 is 1.30 bits per heavy atom. The van der Waals surface area contributed by atoms with E-state index in [2.05, 4.69) is 4.98 Å². The van der Waals surface area contributed by atoms with Crippen LogP contribution in [0.25, 0.3) is 10.6 Å². The van der Waals surface area contributed by atoms with Crippen molar-refractivity contribution in [2.24, 2.45) is 0 Å². The minimum Gasteiger partial charge on any atom is -0.479 e. The number of nitrogens with zero attached hydrogens (tertiary/aromatic N) is 1.